The summed E-state index contributed by atoms with van der Waals surface area (Å²) in [6.45, 7) is 0.383. The summed E-state index contributed by atoms with van der Waals surface area (Å²) in [7, 11) is -7.15. The third-order valence-corrected chi connectivity index (χ3v) is 7.44. The molecule has 1 aliphatic rings. The van der Waals surface area contributed by atoms with E-state index in [0.717, 1.165) is 24.7 Å². The Labute approximate surface area is 185 Å². The second-order valence-electron chi connectivity index (χ2n) is 7.36. The van der Waals surface area contributed by atoms with Crippen LogP contribution >= 0.6 is 0 Å². The molecule has 0 radical (unpaired) electrons. The molecule has 32 heavy (non-hydrogen) atoms. The van der Waals surface area contributed by atoms with E-state index < -0.39 is 31.5 Å². The maximum atomic E-state index is 13.2. The molecule has 0 bridgehead atoms. The Bertz CT molecular complexity index is 1370. The number of sulfone groups is 1. The Morgan fingerprint density at radius 1 is 1.06 bits per heavy atom. The molecule has 1 aliphatic heterocycles. The van der Waals surface area contributed by atoms with Crippen LogP contribution in [0, 0.1) is 0 Å². The lowest BCUT2D eigenvalue weighted by Crippen LogP contribution is -2.35. The van der Waals surface area contributed by atoms with Gasteiger partial charge < -0.3 is 4.42 Å². The summed E-state index contributed by atoms with van der Waals surface area (Å²) in [5.74, 6) is -1.19. The number of anilines is 2. The number of amides is 1. The maximum absolute atomic E-state index is 13.2. The van der Waals surface area contributed by atoms with Crippen LogP contribution in [-0.4, -0.2) is 45.7 Å². The zero-order valence-corrected chi connectivity index (χ0v) is 18.7. The van der Waals surface area contributed by atoms with Gasteiger partial charge in [0.15, 0.2) is 9.84 Å². The topological polar surface area (TPSA) is 140 Å². The normalized spacial score (nSPS) is 14.1. The number of nitrogens with one attached hydrogen (secondary N) is 1. The average molecular weight is 477 g/mol. The van der Waals surface area contributed by atoms with Crippen molar-refractivity contribution in [3.8, 4) is 0 Å². The molecule has 1 aromatic heterocycles. The summed E-state index contributed by atoms with van der Waals surface area (Å²) in [5.41, 5.74) is 1.82. The molecule has 0 atom stereocenters. The number of benzene rings is 2. The van der Waals surface area contributed by atoms with Crippen LogP contribution in [0.2, 0.25) is 0 Å². The van der Waals surface area contributed by atoms with Gasteiger partial charge in [0.2, 0.25) is 5.89 Å². The van der Waals surface area contributed by atoms with Gasteiger partial charge in [-0.25, -0.2) is 16.8 Å². The Morgan fingerprint density at radius 3 is 2.50 bits per heavy atom. The van der Waals surface area contributed by atoms with E-state index in [1.165, 1.54) is 28.6 Å². The quantitative estimate of drug-likeness (QED) is 0.570. The van der Waals surface area contributed by atoms with E-state index in [-0.39, 0.29) is 22.4 Å². The van der Waals surface area contributed by atoms with E-state index >= 15 is 0 Å². The molecule has 2 heterocycles. The van der Waals surface area contributed by atoms with Crippen molar-refractivity contribution < 1.29 is 26.0 Å². The monoisotopic (exact) mass is 476 g/mol. The second kappa shape index (κ2) is 8.36. The number of para-hydroxylation sites is 1. The first-order chi connectivity index (χ1) is 15.1. The number of aromatic nitrogens is 2. The molecule has 0 fully saturated rings. The molecule has 0 saturated heterocycles. The van der Waals surface area contributed by atoms with Crippen molar-refractivity contribution in [1.29, 1.82) is 0 Å². The van der Waals surface area contributed by atoms with Gasteiger partial charge in [0.1, 0.15) is 5.75 Å². The Hall–Kier alpha value is -3.25. The van der Waals surface area contributed by atoms with Crippen LogP contribution in [0.5, 0.6) is 0 Å². The molecule has 10 nitrogen and oxygen atoms in total. The number of hydrogen-bond donors (Lipinski definition) is 1. The highest BCUT2D eigenvalue weighted by molar-refractivity contribution is 7.92. The SMILES string of the molecule is CS(=O)(=O)Cc1nnc(NC(=O)c2ccc(S(=O)(=O)N3CCCc4ccccc43)cc2)o1. The number of sulfonamides is 1. The van der Waals surface area contributed by atoms with Crippen LogP contribution in [0.15, 0.2) is 57.8 Å². The summed E-state index contributed by atoms with van der Waals surface area (Å²) in [6, 6.07) is 12.6. The lowest BCUT2D eigenvalue weighted by Gasteiger charge is -2.30. The van der Waals surface area contributed by atoms with Gasteiger partial charge in [0.05, 0.1) is 10.6 Å². The van der Waals surface area contributed by atoms with Gasteiger partial charge in [0.25, 0.3) is 15.9 Å². The third-order valence-electron chi connectivity index (χ3n) is 4.85. The van der Waals surface area contributed by atoms with Crippen LogP contribution in [0.4, 0.5) is 11.7 Å². The number of carbonyl (C=O) groups excluding carboxylic acids is 1. The van der Waals surface area contributed by atoms with Crippen LogP contribution in [-0.2, 0) is 32.0 Å². The van der Waals surface area contributed by atoms with Gasteiger partial charge in [0, 0.05) is 18.4 Å². The fraction of sp³-hybridized carbons (Fsp3) is 0.250. The number of fused-ring (bicyclic) bond motifs is 1. The summed E-state index contributed by atoms with van der Waals surface area (Å²) >= 11 is 0. The molecule has 0 aliphatic carbocycles. The van der Waals surface area contributed by atoms with Gasteiger partial charge in [-0.05, 0) is 48.7 Å². The van der Waals surface area contributed by atoms with E-state index in [1.54, 1.807) is 12.1 Å². The zero-order valence-electron chi connectivity index (χ0n) is 17.1. The molecular formula is C20H20N4O6S2. The molecule has 3 aromatic rings. The van der Waals surface area contributed by atoms with Crippen molar-refractivity contribution in [2.45, 2.75) is 23.5 Å². The minimum absolute atomic E-state index is 0.0685. The summed E-state index contributed by atoms with van der Waals surface area (Å²) in [6.07, 6.45) is 2.57. The summed E-state index contributed by atoms with van der Waals surface area (Å²) in [5, 5.41) is 9.52. The van der Waals surface area contributed by atoms with Crippen molar-refractivity contribution >= 4 is 37.5 Å². The van der Waals surface area contributed by atoms with Crippen LogP contribution < -0.4 is 9.62 Å². The largest absolute Gasteiger partial charge is 0.407 e. The second-order valence-corrected chi connectivity index (χ2v) is 11.4. The van der Waals surface area contributed by atoms with E-state index in [1.807, 2.05) is 12.1 Å². The third kappa shape index (κ3) is 4.65. The van der Waals surface area contributed by atoms with E-state index in [0.29, 0.717) is 12.2 Å². The van der Waals surface area contributed by atoms with Gasteiger partial charge in [-0.3, -0.25) is 14.4 Å². The van der Waals surface area contributed by atoms with E-state index in [9.17, 15) is 21.6 Å². The fourth-order valence-corrected chi connectivity index (χ4v) is 5.52. The predicted octanol–water partition coefficient (Wildman–Crippen LogP) is 2.01. The molecular weight excluding hydrogens is 456 g/mol. The van der Waals surface area contributed by atoms with Crippen molar-refractivity contribution in [2.75, 3.05) is 22.4 Å². The molecule has 4 rings (SSSR count). The van der Waals surface area contributed by atoms with Gasteiger partial charge >= 0.3 is 6.01 Å². The predicted molar refractivity (Wildman–Crippen MR) is 117 cm³/mol. The van der Waals surface area contributed by atoms with E-state index in [4.69, 9.17) is 4.42 Å². The zero-order chi connectivity index (χ0) is 22.9. The van der Waals surface area contributed by atoms with Gasteiger partial charge in [-0.2, -0.15) is 0 Å². The molecule has 12 heteroatoms. The highest BCUT2D eigenvalue weighted by Gasteiger charge is 2.29. The number of aryl methyl sites for hydroxylation is 1. The first-order valence-electron chi connectivity index (χ1n) is 9.66. The number of hydrogen-bond acceptors (Lipinski definition) is 8. The molecule has 0 saturated carbocycles. The van der Waals surface area contributed by atoms with Crippen LogP contribution in [0.3, 0.4) is 0 Å². The Morgan fingerprint density at radius 2 is 1.78 bits per heavy atom. The van der Waals surface area contributed by atoms with Crippen molar-refractivity contribution in [3.63, 3.8) is 0 Å². The number of nitrogens with zero attached hydrogens (tertiary/aromatic N) is 3. The highest BCUT2D eigenvalue weighted by Crippen LogP contribution is 2.31. The van der Waals surface area contributed by atoms with Crippen LogP contribution in [0.1, 0.15) is 28.2 Å². The smallest absolute Gasteiger partial charge is 0.322 e. The van der Waals surface area contributed by atoms with Gasteiger partial charge in [-0.1, -0.05) is 23.3 Å². The van der Waals surface area contributed by atoms with Crippen molar-refractivity contribution in [3.05, 3.63) is 65.5 Å². The number of carbonyl (C=O) groups is 1. The summed E-state index contributed by atoms with van der Waals surface area (Å²) < 4.78 is 55.4. The Kier molecular flexibility index (Phi) is 5.73. The van der Waals surface area contributed by atoms with E-state index in [2.05, 4.69) is 15.5 Å². The molecule has 168 valence electrons. The average Bonchev–Trinajstić information content (AvgIpc) is 3.18. The molecule has 0 unspecified atom stereocenters. The number of rotatable bonds is 6. The lowest BCUT2D eigenvalue weighted by molar-refractivity contribution is 0.102. The first-order valence-corrected chi connectivity index (χ1v) is 13.2. The molecule has 1 amide bonds. The standard InChI is InChI=1S/C20H20N4O6S2/c1-31(26,27)13-18-22-23-20(30-18)21-19(25)15-8-10-16(11-9-15)32(28,29)24-12-4-6-14-5-2-3-7-17(14)24/h2-3,5,7-11H,4,6,12-13H2,1H3,(H,21,23,25). The fourth-order valence-electron chi connectivity index (χ4n) is 3.41. The van der Waals surface area contributed by atoms with Crippen molar-refractivity contribution in [1.82, 2.24) is 10.2 Å². The molecule has 0 spiro atoms. The minimum Gasteiger partial charge on any atom is -0.407 e. The minimum atomic E-state index is -3.79. The molecule has 2 aromatic carbocycles. The Balaban J connectivity index is 1.50. The van der Waals surface area contributed by atoms with Gasteiger partial charge in [-0.15, -0.1) is 5.10 Å². The van der Waals surface area contributed by atoms with Crippen LogP contribution in [0.25, 0.3) is 0 Å². The first kappa shape index (κ1) is 22.0. The lowest BCUT2D eigenvalue weighted by atomic mass is 10.0. The summed E-state index contributed by atoms with van der Waals surface area (Å²) in [4.78, 5) is 12.5. The highest BCUT2D eigenvalue weighted by atomic mass is 32.2. The maximum Gasteiger partial charge on any atom is 0.322 e. The molecule has 1 N–H and O–H groups in total. The van der Waals surface area contributed by atoms with Crippen molar-refractivity contribution in [2.24, 2.45) is 0 Å².